The monoisotopic (exact) mass is 314 g/mol. The molecule has 130 valence electrons. The van der Waals surface area contributed by atoms with Crippen molar-refractivity contribution in [1.82, 2.24) is 21.3 Å². The zero-order chi connectivity index (χ0) is 16.5. The highest BCUT2D eigenvalue weighted by Crippen LogP contribution is 1.97. The number of carbonyl (C=O) groups excluding carboxylic acids is 2. The second kappa shape index (κ2) is 15.9. The fraction of sp³-hybridized carbons (Fsp3) is 0.875. The number of nitrogens with one attached hydrogen (secondary N) is 4. The highest BCUT2D eigenvalue weighted by atomic mass is 16.2. The number of amides is 4. The van der Waals surface area contributed by atoms with Crippen LogP contribution in [0, 0.1) is 0 Å². The van der Waals surface area contributed by atoms with Crippen molar-refractivity contribution in [2.75, 3.05) is 26.2 Å². The second-order valence-corrected chi connectivity index (χ2v) is 5.49. The molecule has 6 heteroatoms. The molecule has 0 fully saturated rings. The Hall–Kier alpha value is -1.46. The summed E-state index contributed by atoms with van der Waals surface area (Å²) in [5.41, 5.74) is 0. The summed E-state index contributed by atoms with van der Waals surface area (Å²) >= 11 is 0. The molecule has 0 saturated heterocycles. The van der Waals surface area contributed by atoms with Crippen LogP contribution in [-0.4, -0.2) is 38.2 Å². The van der Waals surface area contributed by atoms with Crippen LogP contribution in [0.15, 0.2) is 0 Å². The summed E-state index contributed by atoms with van der Waals surface area (Å²) in [6.45, 7) is 6.60. The molecule has 0 bridgehead atoms. The van der Waals surface area contributed by atoms with Crippen molar-refractivity contribution < 1.29 is 9.59 Å². The quantitative estimate of drug-likeness (QED) is 0.394. The Labute approximate surface area is 135 Å². The predicted octanol–water partition coefficient (Wildman–Crippen LogP) is 2.75. The lowest BCUT2D eigenvalue weighted by atomic mass is 10.2. The number of carbonyl (C=O) groups is 2. The van der Waals surface area contributed by atoms with Gasteiger partial charge in [-0.3, -0.25) is 0 Å². The molecule has 0 aromatic heterocycles. The molecule has 0 aromatic carbocycles. The van der Waals surface area contributed by atoms with Crippen LogP contribution < -0.4 is 21.3 Å². The van der Waals surface area contributed by atoms with Gasteiger partial charge < -0.3 is 21.3 Å². The predicted molar refractivity (Wildman–Crippen MR) is 91.1 cm³/mol. The van der Waals surface area contributed by atoms with Crippen LogP contribution in [0.4, 0.5) is 9.59 Å². The smallest absolute Gasteiger partial charge is 0.314 e. The number of hydrogen-bond donors (Lipinski definition) is 4. The summed E-state index contributed by atoms with van der Waals surface area (Å²) in [6, 6.07) is -0.337. The van der Waals surface area contributed by atoms with Gasteiger partial charge in [0.2, 0.25) is 0 Å². The van der Waals surface area contributed by atoms with E-state index in [1.54, 1.807) is 0 Å². The van der Waals surface area contributed by atoms with E-state index >= 15 is 0 Å². The van der Waals surface area contributed by atoms with Crippen molar-refractivity contribution in [3.05, 3.63) is 0 Å². The van der Waals surface area contributed by atoms with E-state index in [-0.39, 0.29) is 12.1 Å². The molecular formula is C16H34N4O2. The Morgan fingerprint density at radius 3 is 1.27 bits per heavy atom. The molecule has 0 rings (SSSR count). The summed E-state index contributed by atoms with van der Waals surface area (Å²) < 4.78 is 0. The Balaban J connectivity index is 3.32. The summed E-state index contributed by atoms with van der Waals surface area (Å²) in [4.78, 5) is 22.9. The lowest BCUT2D eigenvalue weighted by Crippen LogP contribution is -2.43. The number of urea groups is 2. The molecule has 0 saturated carbocycles. The van der Waals surface area contributed by atoms with Gasteiger partial charge in [-0.05, 0) is 12.8 Å². The van der Waals surface area contributed by atoms with E-state index in [9.17, 15) is 9.59 Å². The van der Waals surface area contributed by atoms with Crippen molar-refractivity contribution in [1.29, 1.82) is 0 Å². The Kier molecular flexibility index (Phi) is 14.9. The van der Waals surface area contributed by atoms with Crippen molar-refractivity contribution in [3.8, 4) is 0 Å². The SMILES string of the molecule is CCCCCCNC(=O)NCCNC(=O)NCCCCCC. The Morgan fingerprint density at radius 2 is 0.909 bits per heavy atom. The topological polar surface area (TPSA) is 82.3 Å². The van der Waals surface area contributed by atoms with E-state index in [0.29, 0.717) is 26.2 Å². The minimum Gasteiger partial charge on any atom is -0.338 e. The van der Waals surface area contributed by atoms with Crippen LogP contribution >= 0.6 is 0 Å². The highest BCUT2D eigenvalue weighted by molar-refractivity contribution is 5.75. The van der Waals surface area contributed by atoms with Gasteiger partial charge in [0.05, 0.1) is 0 Å². The average molecular weight is 314 g/mol. The molecular weight excluding hydrogens is 280 g/mol. The van der Waals surface area contributed by atoms with E-state index in [4.69, 9.17) is 0 Å². The maximum absolute atomic E-state index is 11.4. The van der Waals surface area contributed by atoms with E-state index in [2.05, 4.69) is 35.1 Å². The molecule has 0 unspecified atom stereocenters. The van der Waals surface area contributed by atoms with Crippen molar-refractivity contribution in [2.45, 2.75) is 65.2 Å². The minimum atomic E-state index is -0.168. The fourth-order valence-electron chi connectivity index (χ4n) is 1.98. The van der Waals surface area contributed by atoms with Gasteiger partial charge in [-0.25, -0.2) is 9.59 Å². The molecule has 0 atom stereocenters. The first-order chi connectivity index (χ1) is 10.7. The van der Waals surface area contributed by atoms with Crippen LogP contribution in [0.3, 0.4) is 0 Å². The third kappa shape index (κ3) is 14.9. The largest absolute Gasteiger partial charge is 0.338 e. The van der Waals surface area contributed by atoms with Crippen molar-refractivity contribution >= 4 is 12.1 Å². The molecule has 4 N–H and O–H groups in total. The third-order valence-electron chi connectivity index (χ3n) is 3.33. The van der Waals surface area contributed by atoms with Crippen LogP contribution in [-0.2, 0) is 0 Å². The normalized spacial score (nSPS) is 10.1. The molecule has 6 nitrogen and oxygen atoms in total. The van der Waals surface area contributed by atoms with E-state index in [1.807, 2.05) is 0 Å². The van der Waals surface area contributed by atoms with Crippen LogP contribution in [0.2, 0.25) is 0 Å². The molecule has 22 heavy (non-hydrogen) atoms. The first kappa shape index (κ1) is 20.5. The summed E-state index contributed by atoms with van der Waals surface area (Å²) in [6.07, 6.45) is 9.13. The maximum Gasteiger partial charge on any atom is 0.314 e. The van der Waals surface area contributed by atoms with E-state index in [0.717, 1.165) is 25.7 Å². The molecule has 0 radical (unpaired) electrons. The van der Waals surface area contributed by atoms with Crippen LogP contribution in [0.1, 0.15) is 65.2 Å². The van der Waals surface area contributed by atoms with Gasteiger partial charge in [-0.2, -0.15) is 0 Å². The minimum absolute atomic E-state index is 0.168. The molecule has 0 aromatic rings. The average Bonchev–Trinajstić information content (AvgIpc) is 2.51. The lowest BCUT2D eigenvalue weighted by molar-refractivity contribution is 0.236. The van der Waals surface area contributed by atoms with Gasteiger partial charge in [-0.1, -0.05) is 52.4 Å². The summed E-state index contributed by atoms with van der Waals surface area (Å²) in [5.74, 6) is 0. The summed E-state index contributed by atoms with van der Waals surface area (Å²) in [5, 5.41) is 11.1. The Morgan fingerprint density at radius 1 is 0.545 bits per heavy atom. The van der Waals surface area contributed by atoms with Gasteiger partial charge in [-0.15, -0.1) is 0 Å². The molecule has 0 heterocycles. The second-order valence-electron chi connectivity index (χ2n) is 5.49. The molecule has 0 aliphatic rings. The lowest BCUT2D eigenvalue weighted by Gasteiger charge is -2.09. The highest BCUT2D eigenvalue weighted by Gasteiger charge is 2.00. The van der Waals surface area contributed by atoms with Crippen LogP contribution in [0.25, 0.3) is 0 Å². The first-order valence-electron chi connectivity index (χ1n) is 8.74. The number of hydrogen-bond acceptors (Lipinski definition) is 2. The van der Waals surface area contributed by atoms with E-state index in [1.165, 1.54) is 25.7 Å². The zero-order valence-corrected chi connectivity index (χ0v) is 14.3. The third-order valence-corrected chi connectivity index (χ3v) is 3.33. The molecule has 4 amide bonds. The van der Waals surface area contributed by atoms with Gasteiger partial charge in [0.15, 0.2) is 0 Å². The van der Waals surface area contributed by atoms with E-state index < -0.39 is 0 Å². The first-order valence-corrected chi connectivity index (χ1v) is 8.74. The fourth-order valence-corrected chi connectivity index (χ4v) is 1.98. The molecule has 0 spiro atoms. The van der Waals surface area contributed by atoms with Gasteiger partial charge in [0.25, 0.3) is 0 Å². The number of rotatable bonds is 13. The summed E-state index contributed by atoms with van der Waals surface area (Å²) in [7, 11) is 0. The van der Waals surface area contributed by atoms with Crippen molar-refractivity contribution in [2.24, 2.45) is 0 Å². The standard InChI is InChI=1S/C16H34N4O2/c1-3-5-7-9-11-17-15(21)19-13-14-20-16(22)18-12-10-8-6-4-2/h3-14H2,1-2H3,(H2,17,19,21)(H2,18,20,22). The van der Waals surface area contributed by atoms with Crippen LogP contribution in [0.5, 0.6) is 0 Å². The molecule has 0 aliphatic heterocycles. The zero-order valence-electron chi connectivity index (χ0n) is 14.3. The van der Waals surface area contributed by atoms with Crippen molar-refractivity contribution in [3.63, 3.8) is 0 Å². The van der Waals surface area contributed by atoms with Gasteiger partial charge >= 0.3 is 12.1 Å². The van der Waals surface area contributed by atoms with Gasteiger partial charge in [0.1, 0.15) is 0 Å². The molecule has 0 aliphatic carbocycles. The maximum atomic E-state index is 11.4. The Bertz CT molecular complexity index is 257. The van der Waals surface area contributed by atoms with Gasteiger partial charge in [0, 0.05) is 26.2 Å². The number of unbranched alkanes of at least 4 members (excludes halogenated alkanes) is 6.